The van der Waals surface area contributed by atoms with E-state index in [1.165, 1.54) is 32.1 Å². The van der Waals surface area contributed by atoms with E-state index in [4.69, 9.17) is 0 Å². The molecule has 0 aliphatic heterocycles. The minimum atomic E-state index is 0.642. The maximum atomic E-state index is 4.31. The molecule has 4 heteroatoms. The van der Waals surface area contributed by atoms with Crippen molar-refractivity contribution in [1.29, 1.82) is 0 Å². The largest absolute Gasteiger partial charge is 0.235 e. The second-order valence-electron chi connectivity index (χ2n) is 4.24. The lowest BCUT2D eigenvalue weighted by molar-refractivity contribution is 0.404. The van der Waals surface area contributed by atoms with Crippen LogP contribution in [0.2, 0.25) is 11.6 Å². The summed E-state index contributed by atoms with van der Waals surface area (Å²) in [4.78, 5) is 0. The van der Waals surface area contributed by atoms with Crippen molar-refractivity contribution in [2.75, 3.05) is 0 Å². The summed E-state index contributed by atoms with van der Waals surface area (Å²) >= 11 is 8.61. The standard InChI is InChI=1S/C9H18B2S2/c1-7-3-2-4-8(10-12)9(11-13)6-5-7/h7-9,12-13H,2-6H2,1H3. The highest BCUT2D eigenvalue weighted by Gasteiger charge is 2.23. The van der Waals surface area contributed by atoms with Gasteiger partial charge in [0.1, 0.15) is 0 Å². The van der Waals surface area contributed by atoms with Gasteiger partial charge in [-0.15, -0.1) is 0 Å². The van der Waals surface area contributed by atoms with Gasteiger partial charge in [0.2, 0.25) is 0 Å². The van der Waals surface area contributed by atoms with Gasteiger partial charge in [-0.25, -0.2) is 25.0 Å². The summed E-state index contributed by atoms with van der Waals surface area (Å²) in [6.07, 6.45) is 6.65. The van der Waals surface area contributed by atoms with Crippen LogP contribution in [0.4, 0.5) is 0 Å². The van der Waals surface area contributed by atoms with E-state index in [0.717, 1.165) is 5.92 Å². The van der Waals surface area contributed by atoms with E-state index in [0.29, 0.717) is 11.6 Å². The summed E-state index contributed by atoms with van der Waals surface area (Å²) in [5, 5.41) is 0. The molecule has 0 saturated heterocycles. The Balaban J connectivity index is 2.45. The summed E-state index contributed by atoms with van der Waals surface area (Å²) < 4.78 is 0. The van der Waals surface area contributed by atoms with Crippen molar-refractivity contribution in [3.8, 4) is 0 Å². The van der Waals surface area contributed by atoms with Gasteiger partial charge in [-0.1, -0.05) is 50.7 Å². The zero-order valence-corrected chi connectivity index (χ0v) is 10.1. The molecule has 2 radical (unpaired) electrons. The van der Waals surface area contributed by atoms with E-state index in [2.05, 4.69) is 45.0 Å². The first-order chi connectivity index (χ1) is 6.27. The van der Waals surface area contributed by atoms with Crippen LogP contribution in [0.3, 0.4) is 0 Å². The third-order valence-electron chi connectivity index (χ3n) is 3.16. The number of rotatable bonds is 2. The first-order valence-electron chi connectivity index (χ1n) is 5.23. The molecule has 0 aromatic rings. The minimum absolute atomic E-state index is 0.642. The fraction of sp³-hybridized carbons (Fsp3) is 1.00. The average Bonchev–Trinajstić information content (AvgIpc) is 2.12. The lowest BCUT2D eigenvalue weighted by Gasteiger charge is -2.28. The van der Waals surface area contributed by atoms with E-state index >= 15 is 0 Å². The Morgan fingerprint density at radius 3 is 2.15 bits per heavy atom. The number of hydrogen-bond donors (Lipinski definition) is 2. The zero-order valence-electron chi connectivity index (χ0n) is 8.32. The highest BCUT2D eigenvalue weighted by Crippen LogP contribution is 2.38. The molecule has 0 heterocycles. The topological polar surface area (TPSA) is 0 Å². The van der Waals surface area contributed by atoms with Crippen LogP contribution in [0.15, 0.2) is 0 Å². The van der Waals surface area contributed by atoms with Gasteiger partial charge in [-0.3, -0.25) is 0 Å². The van der Waals surface area contributed by atoms with Crippen LogP contribution in [0.5, 0.6) is 0 Å². The third-order valence-corrected chi connectivity index (χ3v) is 3.93. The van der Waals surface area contributed by atoms with Gasteiger partial charge in [-0.05, 0) is 5.92 Å². The fourth-order valence-electron chi connectivity index (χ4n) is 2.12. The normalized spacial score (nSPS) is 36.1. The fourth-order valence-corrected chi connectivity index (χ4v) is 2.86. The van der Waals surface area contributed by atoms with Crippen molar-refractivity contribution in [2.45, 2.75) is 50.7 Å². The molecule has 0 aromatic heterocycles. The zero-order chi connectivity index (χ0) is 9.68. The molecule has 0 nitrogen and oxygen atoms in total. The number of hydrogen-bond acceptors (Lipinski definition) is 2. The van der Waals surface area contributed by atoms with Crippen LogP contribution >= 0.6 is 25.0 Å². The van der Waals surface area contributed by atoms with Gasteiger partial charge in [-0.2, -0.15) is 0 Å². The molecular weight excluding hydrogens is 194 g/mol. The lowest BCUT2D eigenvalue weighted by Crippen LogP contribution is -2.15. The Bertz CT molecular complexity index is 144. The van der Waals surface area contributed by atoms with Crippen molar-refractivity contribution in [2.24, 2.45) is 5.92 Å². The van der Waals surface area contributed by atoms with E-state index in [1.807, 2.05) is 0 Å². The lowest BCUT2D eigenvalue weighted by atomic mass is 9.60. The van der Waals surface area contributed by atoms with Crippen molar-refractivity contribution < 1.29 is 0 Å². The SMILES string of the molecule is CC1CCCC([B]S)C([B]S)CC1. The summed E-state index contributed by atoms with van der Waals surface area (Å²) in [6, 6.07) is 0. The quantitative estimate of drug-likeness (QED) is 0.509. The van der Waals surface area contributed by atoms with Gasteiger partial charge < -0.3 is 0 Å². The highest BCUT2D eigenvalue weighted by atomic mass is 32.1. The van der Waals surface area contributed by atoms with Crippen molar-refractivity contribution in [3.05, 3.63) is 0 Å². The average molecular weight is 212 g/mol. The smallest absolute Gasteiger partial charge is 0.190 e. The maximum Gasteiger partial charge on any atom is 0.190 e. The molecule has 0 spiro atoms. The summed E-state index contributed by atoms with van der Waals surface area (Å²) in [6.45, 7) is 6.49. The first kappa shape index (κ1) is 11.9. The monoisotopic (exact) mass is 212 g/mol. The van der Waals surface area contributed by atoms with E-state index < -0.39 is 0 Å². The van der Waals surface area contributed by atoms with Crippen LogP contribution in [-0.2, 0) is 0 Å². The van der Waals surface area contributed by atoms with Crippen molar-refractivity contribution >= 4 is 38.1 Å². The van der Waals surface area contributed by atoms with Gasteiger partial charge in [0.05, 0.1) is 0 Å². The second kappa shape index (κ2) is 6.34. The Morgan fingerprint density at radius 2 is 1.54 bits per heavy atom. The summed E-state index contributed by atoms with van der Waals surface area (Å²) in [7, 11) is 0. The molecule has 0 bridgehead atoms. The van der Waals surface area contributed by atoms with Crippen LogP contribution in [0.25, 0.3) is 0 Å². The third kappa shape index (κ3) is 3.83. The molecule has 3 unspecified atom stereocenters. The van der Waals surface area contributed by atoms with Crippen LogP contribution in [0.1, 0.15) is 39.0 Å². The van der Waals surface area contributed by atoms with Gasteiger partial charge >= 0.3 is 0 Å². The summed E-state index contributed by atoms with van der Waals surface area (Å²) in [5.74, 6) is 2.19. The Kier molecular flexibility index (Phi) is 5.80. The highest BCUT2D eigenvalue weighted by molar-refractivity contribution is 8.07. The summed E-state index contributed by atoms with van der Waals surface area (Å²) in [5.41, 5.74) is 0. The molecule has 1 aliphatic carbocycles. The van der Waals surface area contributed by atoms with Crippen LogP contribution < -0.4 is 0 Å². The molecule has 1 rings (SSSR count). The molecule has 72 valence electrons. The van der Waals surface area contributed by atoms with Crippen LogP contribution in [0, 0.1) is 5.92 Å². The molecule has 3 atom stereocenters. The Morgan fingerprint density at radius 1 is 0.923 bits per heavy atom. The predicted octanol–water partition coefficient (Wildman–Crippen LogP) is 3.26. The molecule has 0 amide bonds. The number of thiol groups is 2. The Labute approximate surface area is 94.7 Å². The minimum Gasteiger partial charge on any atom is -0.235 e. The molecule has 1 saturated carbocycles. The van der Waals surface area contributed by atoms with E-state index in [-0.39, 0.29) is 0 Å². The maximum absolute atomic E-state index is 4.31. The van der Waals surface area contributed by atoms with Gasteiger partial charge in [0.25, 0.3) is 0 Å². The molecular formula is C9H18B2S2. The molecule has 1 aliphatic rings. The molecule has 13 heavy (non-hydrogen) atoms. The van der Waals surface area contributed by atoms with Crippen molar-refractivity contribution in [1.82, 2.24) is 0 Å². The molecule has 0 N–H and O–H groups in total. The van der Waals surface area contributed by atoms with E-state index in [9.17, 15) is 0 Å². The van der Waals surface area contributed by atoms with Crippen molar-refractivity contribution in [3.63, 3.8) is 0 Å². The second-order valence-corrected chi connectivity index (χ2v) is 4.84. The van der Waals surface area contributed by atoms with Gasteiger partial charge in [0, 0.05) is 0 Å². The first-order valence-corrected chi connectivity index (χ1v) is 6.26. The predicted molar refractivity (Wildman–Crippen MR) is 69.2 cm³/mol. The van der Waals surface area contributed by atoms with E-state index in [1.54, 1.807) is 0 Å². The van der Waals surface area contributed by atoms with Gasteiger partial charge in [0.15, 0.2) is 13.1 Å². The molecule has 0 aromatic carbocycles. The molecule has 1 fully saturated rings. The van der Waals surface area contributed by atoms with Crippen LogP contribution in [-0.4, -0.2) is 13.1 Å². The Hall–Kier alpha value is 0.830.